The Kier molecular flexibility index (Phi) is 2.60. The number of rotatable bonds is 2. The smallest absolute Gasteiger partial charge is 0.0351 e. The van der Waals surface area contributed by atoms with Gasteiger partial charge in [-0.25, -0.2) is 0 Å². The topological polar surface area (TPSA) is 0 Å². The summed E-state index contributed by atoms with van der Waals surface area (Å²) < 4.78 is 1.46. The van der Waals surface area contributed by atoms with Gasteiger partial charge in [0.25, 0.3) is 0 Å². The van der Waals surface area contributed by atoms with Gasteiger partial charge in [-0.15, -0.1) is 11.3 Å². The molecular weight excluding hydrogens is 188 g/mol. The van der Waals surface area contributed by atoms with Crippen LogP contribution in [0.4, 0.5) is 0 Å². The zero-order chi connectivity index (χ0) is 10.1. The summed E-state index contributed by atoms with van der Waals surface area (Å²) in [6.45, 7) is 6.65. The summed E-state index contributed by atoms with van der Waals surface area (Å²) in [6.07, 6.45) is 2.28. The van der Waals surface area contributed by atoms with Crippen molar-refractivity contribution >= 4 is 21.4 Å². The highest BCUT2D eigenvalue weighted by atomic mass is 32.1. The molecule has 0 saturated heterocycles. The Morgan fingerprint density at radius 1 is 1.07 bits per heavy atom. The summed E-state index contributed by atoms with van der Waals surface area (Å²) >= 11 is 1.91. The van der Waals surface area contributed by atoms with Crippen molar-refractivity contribution in [3.8, 4) is 0 Å². The van der Waals surface area contributed by atoms with E-state index in [2.05, 4.69) is 39.0 Å². The van der Waals surface area contributed by atoms with Crippen LogP contribution in [-0.4, -0.2) is 0 Å². The van der Waals surface area contributed by atoms with Crippen molar-refractivity contribution in [3.63, 3.8) is 0 Å². The normalized spacial score (nSPS) is 11.1. The Balaban J connectivity index is 2.72. The van der Waals surface area contributed by atoms with Crippen LogP contribution in [0.2, 0.25) is 0 Å². The van der Waals surface area contributed by atoms with E-state index < -0.39 is 0 Å². The molecule has 2 aromatic rings. The lowest BCUT2D eigenvalue weighted by Gasteiger charge is -2.03. The number of hydrogen-bond donors (Lipinski definition) is 0. The molecule has 0 nitrogen and oxygen atoms in total. The predicted octanol–water partition coefficient (Wildman–Crippen LogP) is 4.33. The molecule has 0 N–H and O–H groups in total. The predicted molar refractivity (Wildman–Crippen MR) is 65.3 cm³/mol. The number of benzene rings is 1. The van der Waals surface area contributed by atoms with E-state index in [9.17, 15) is 0 Å². The highest BCUT2D eigenvalue weighted by Crippen LogP contribution is 2.29. The molecule has 14 heavy (non-hydrogen) atoms. The molecule has 0 fully saturated rings. The van der Waals surface area contributed by atoms with Gasteiger partial charge in [-0.05, 0) is 48.4 Å². The van der Waals surface area contributed by atoms with Crippen LogP contribution in [0.5, 0.6) is 0 Å². The van der Waals surface area contributed by atoms with E-state index in [1.165, 1.54) is 26.1 Å². The third-order valence-electron chi connectivity index (χ3n) is 2.70. The van der Waals surface area contributed by atoms with Crippen LogP contribution >= 0.6 is 11.3 Å². The average Bonchev–Trinajstić information content (AvgIpc) is 2.56. The first kappa shape index (κ1) is 9.72. The maximum atomic E-state index is 2.36. The average molecular weight is 204 g/mol. The molecule has 1 heteroatoms. The molecule has 1 heterocycles. The molecule has 0 unspecified atom stereocenters. The van der Waals surface area contributed by atoms with Crippen LogP contribution in [0, 0.1) is 6.92 Å². The van der Waals surface area contributed by atoms with Crippen molar-refractivity contribution in [2.24, 2.45) is 0 Å². The molecule has 2 rings (SSSR count). The van der Waals surface area contributed by atoms with Gasteiger partial charge >= 0.3 is 0 Å². The van der Waals surface area contributed by atoms with Gasteiger partial charge in [0.05, 0.1) is 0 Å². The Morgan fingerprint density at radius 3 is 2.50 bits per heavy atom. The summed E-state index contributed by atoms with van der Waals surface area (Å²) in [5.41, 5.74) is 2.97. The van der Waals surface area contributed by atoms with Crippen molar-refractivity contribution in [2.45, 2.75) is 33.6 Å². The molecule has 1 aromatic heterocycles. The molecule has 74 valence electrons. The second-order valence-electron chi connectivity index (χ2n) is 3.73. The highest BCUT2D eigenvalue weighted by molar-refractivity contribution is 7.19. The second kappa shape index (κ2) is 3.74. The van der Waals surface area contributed by atoms with Crippen molar-refractivity contribution in [1.29, 1.82) is 0 Å². The van der Waals surface area contributed by atoms with Crippen LogP contribution in [0.3, 0.4) is 0 Å². The van der Waals surface area contributed by atoms with Gasteiger partial charge in [0, 0.05) is 9.58 Å². The first-order chi connectivity index (χ1) is 6.74. The van der Waals surface area contributed by atoms with E-state index in [4.69, 9.17) is 0 Å². The van der Waals surface area contributed by atoms with Crippen LogP contribution in [0.15, 0.2) is 18.2 Å². The maximum Gasteiger partial charge on any atom is 0.0351 e. The maximum absolute atomic E-state index is 2.36. The van der Waals surface area contributed by atoms with E-state index in [0.717, 1.165) is 12.8 Å². The quantitative estimate of drug-likeness (QED) is 0.683. The fourth-order valence-corrected chi connectivity index (χ4v) is 2.93. The molecule has 1 aromatic carbocycles. The van der Waals surface area contributed by atoms with Gasteiger partial charge in [-0.3, -0.25) is 0 Å². The van der Waals surface area contributed by atoms with Gasteiger partial charge in [0.15, 0.2) is 0 Å². The molecule has 0 amide bonds. The lowest BCUT2D eigenvalue weighted by Crippen LogP contribution is -1.85. The minimum Gasteiger partial charge on any atom is -0.141 e. The second-order valence-corrected chi connectivity index (χ2v) is 5.02. The minimum atomic E-state index is 1.14. The first-order valence-electron chi connectivity index (χ1n) is 5.26. The Morgan fingerprint density at radius 2 is 1.86 bits per heavy atom. The van der Waals surface area contributed by atoms with Crippen LogP contribution in [0.25, 0.3) is 10.1 Å². The molecule has 0 aliphatic rings. The van der Waals surface area contributed by atoms with E-state index in [1.54, 1.807) is 0 Å². The zero-order valence-corrected chi connectivity index (χ0v) is 9.87. The molecule has 0 aliphatic heterocycles. The standard InChI is InChI=1S/C13H16S/c1-4-10-7-11(5-2)12-6-9(3)14-13(12)8-10/h6-8H,4-5H2,1-3H3. The SMILES string of the molecule is CCc1cc(CC)c2cc(C)sc2c1. The van der Waals surface area contributed by atoms with E-state index in [1.807, 2.05) is 11.3 Å². The van der Waals surface area contributed by atoms with Gasteiger partial charge in [0.2, 0.25) is 0 Å². The van der Waals surface area contributed by atoms with Crippen LogP contribution in [-0.2, 0) is 12.8 Å². The largest absolute Gasteiger partial charge is 0.141 e. The van der Waals surface area contributed by atoms with Crippen LogP contribution in [0.1, 0.15) is 29.9 Å². The minimum absolute atomic E-state index is 1.14. The molecule has 0 aliphatic carbocycles. The number of thiophene rings is 1. The van der Waals surface area contributed by atoms with Crippen LogP contribution < -0.4 is 0 Å². The third kappa shape index (κ3) is 1.57. The summed E-state index contributed by atoms with van der Waals surface area (Å²) in [4.78, 5) is 1.42. The lowest BCUT2D eigenvalue weighted by atomic mass is 10.0. The highest BCUT2D eigenvalue weighted by Gasteiger charge is 2.04. The lowest BCUT2D eigenvalue weighted by molar-refractivity contribution is 1.10. The van der Waals surface area contributed by atoms with Gasteiger partial charge < -0.3 is 0 Å². The Hall–Kier alpha value is -0.820. The van der Waals surface area contributed by atoms with E-state index in [-0.39, 0.29) is 0 Å². The van der Waals surface area contributed by atoms with E-state index >= 15 is 0 Å². The molecule has 0 atom stereocenters. The Bertz CT molecular complexity index is 451. The zero-order valence-electron chi connectivity index (χ0n) is 9.05. The molecule has 0 bridgehead atoms. The Labute approximate surface area is 89.6 Å². The summed E-state index contributed by atoms with van der Waals surface area (Å²) in [5, 5.41) is 1.47. The summed E-state index contributed by atoms with van der Waals surface area (Å²) in [6, 6.07) is 7.01. The molecule has 0 radical (unpaired) electrons. The van der Waals surface area contributed by atoms with Crippen molar-refractivity contribution in [2.75, 3.05) is 0 Å². The number of hydrogen-bond acceptors (Lipinski definition) is 1. The van der Waals surface area contributed by atoms with Gasteiger partial charge in [-0.2, -0.15) is 0 Å². The van der Waals surface area contributed by atoms with Gasteiger partial charge in [-0.1, -0.05) is 19.9 Å². The summed E-state index contributed by atoms with van der Waals surface area (Å²) in [5.74, 6) is 0. The number of aryl methyl sites for hydroxylation is 3. The first-order valence-corrected chi connectivity index (χ1v) is 6.08. The molecular formula is C13H16S. The van der Waals surface area contributed by atoms with Gasteiger partial charge in [0.1, 0.15) is 0 Å². The number of fused-ring (bicyclic) bond motifs is 1. The van der Waals surface area contributed by atoms with E-state index in [0.29, 0.717) is 0 Å². The van der Waals surface area contributed by atoms with Crippen molar-refractivity contribution < 1.29 is 0 Å². The molecule has 0 spiro atoms. The van der Waals surface area contributed by atoms with Crippen molar-refractivity contribution in [1.82, 2.24) is 0 Å². The monoisotopic (exact) mass is 204 g/mol. The third-order valence-corrected chi connectivity index (χ3v) is 3.69. The van der Waals surface area contributed by atoms with Crippen molar-refractivity contribution in [3.05, 3.63) is 34.2 Å². The molecule has 0 saturated carbocycles. The fraction of sp³-hybridized carbons (Fsp3) is 0.385. The summed E-state index contributed by atoms with van der Waals surface area (Å²) in [7, 11) is 0. The fourth-order valence-electron chi connectivity index (χ4n) is 1.90.